The van der Waals surface area contributed by atoms with Gasteiger partial charge in [-0.25, -0.2) is 0 Å². The fourth-order valence-corrected chi connectivity index (χ4v) is 3.11. The van der Waals surface area contributed by atoms with Gasteiger partial charge in [0, 0.05) is 38.1 Å². The SMILES string of the molecule is Cn1cc(C(=O)NC2CCN(CC(=O)Nc3cccc(C#N)c3)CC2)cn1. The van der Waals surface area contributed by atoms with Crippen LogP contribution in [-0.4, -0.2) is 52.2 Å². The van der Waals surface area contributed by atoms with Gasteiger partial charge < -0.3 is 10.6 Å². The second kappa shape index (κ2) is 8.47. The predicted molar refractivity (Wildman–Crippen MR) is 99.9 cm³/mol. The lowest BCUT2D eigenvalue weighted by atomic mass is 10.0. The molecule has 2 amide bonds. The van der Waals surface area contributed by atoms with E-state index in [1.54, 1.807) is 48.4 Å². The molecule has 2 N–H and O–H groups in total. The summed E-state index contributed by atoms with van der Waals surface area (Å²) in [5.41, 5.74) is 1.69. The number of nitrogens with one attached hydrogen (secondary N) is 2. The number of hydrogen-bond acceptors (Lipinski definition) is 5. The van der Waals surface area contributed by atoms with Gasteiger partial charge >= 0.3 is 0 Å². The van der Waals surface area contributed by atoms with E-state index in [9.17, 15) is 9.59 Å². The van der Waals surface area contributed by atoms with Crippen LogP contribution in [-0.2, 0) is 11.8 Å². The maximum atomic E-state index is 12.2. The quantitative estimate of drug-likeness (QED) is 0.826. The highest BCUT2D eigenvalue weighted by molar-refractivity contribution is 5.94. The highest BCUT2D eigenvalue weighted by atomic mass is 16.2. The fourth-order valence-electron chi connectivity index (χ4n) is 3.11. The first-order valence-corrected chi connectivity index (χ1v) is 8.85. The van der Waals surface area contributed by atoms with Gasteiger partial charge in [0.2, 0.25) is 5.91 Å². The Labute approximate surface area is 157 Å². The molecule has 0 unspecified atom stereocenters. The molecule has 1 fully saturated rings. The number of aromatic nitrogens is 2. The molecule has 1 aliphatic rings. The van der Waals surface area contributed by atoms with Crippen LogP contribution in [0.4, 0.5) is 5.69 Å². The average molecular weight is 366 g/mol. The van der Waals surface area contributed by atoms with Gasteiger partial charge in [0.1, 0.15) is 0 Å². The molecule has 1 aliphatic heterocycles. The fraction of sp³-hybridized carbons (Fsp3) is 0.368. The Bertz CT molecular complexity index is 861. The van der Waals surface area contributed by atoms with Crippen molar-refractivity contribution in [2.24, 2.45) is 7.05 Å². The molecule has 0 saturated carbocycles. The minimum atomic E-state index is -0.114. The van der Waals surface area contributed by atoms with E-state index in [0.717, 1.165) is 25.9 Å². The lowest BCUT2D eigenvalue weighted by Gasteiger charge is -2.31. The number of rotatable bonds is 5. The maximum absolute atomic E-state index is 12.2. The molecule has 0 spiro atoms. The summed E-state index contributed by atoms with van der Waals surface area (Å²) < 4.78 is 1.60. The molecule has 0 radical (unpaired) electrons. The van der Waals surface area contributed by atoms with Crippen LogP contribution in [0.25, 0.3) is 0 Å². The Kier molecular flexibility index (Phi) is 5.84. The Morgan fingerprint density at radius 2 is 2.11 bits per heavy atom. The molecule has 0 atom stereocenters. The van der Waals surface area contributed by atoms with Gasteiger partial charge in [-0.05, 0) is 31.0 Å². The number of hydrogen-bond donors (Lipinski definition) is 2. The van der Waals surface area contributed by atoms with Gasteiger partial charge in [-0.3, -0.25) is 19.2 Å². The third-order valence-electron chi connectivity index (χ3n) is 4.53. The molecule has 27 heavy (non-hydrogen) atoms. The van der Waals surface area contributed by atoms with Crippen LogP contribution in [0.3, 0.4) is 0 Å². The molecule has 3 rings (SSSR count). The summed E-state index contributed by atoms with van der Waals surface area (Å²) >= 11 is 0. The van der Waals surface area contributed by atoms with Crippen LogP contribution >= 0.6 is 0 Å². The normalized spacial score (nSPS) is 15.1. The minimum Gasteiger partial charge on any atom is -0.349 e. The van der Waals surface area contributed by atoms with E-state index < -0.39 is 0 Å². The summed E-state index contributed by atoms with van der Waals surface area (Å²) in [6, 6.07) is 9.00. The molecule has 8 heteroatoms. The number of carbonyl (C=O) groups excluding carboxylic acids is 2. The first-order chi connectivity index (χ1) is 13.0. The molecule has 140 valence electrons. The van der Waals surface area contributed by atoms with Crippen LogP contribution in [0, 0.1) is 11.3 Å². The lowest BCUT2D eigenvalue weighted by molar-refractivity contribution is -0.117. The van der Waals surface area contributed by atoms with Crippen molar-refractivity contribution >= 4 is 17.5 Å². The van der Waals surface area contributed by atoms with Gasteiger partial charge in [-0.2, -0.15) is 10.4 Å². The monoisotopic (exact) mass is 366 g/mol. The third kappa shape index (κ3) is 5.15. The molecule has 2 aromatic rings. The first-order valence-electron chi connectivity index (χ1n) is 8.85. The smallest absolute Gasteiger partial charge is 0.254 e. The van der Waals surface area contributed by atoms with Crippen molar-refractivity contribution < 1.29 is 9.59 Å². The molecule has 1 aromatic heterocycles. The van der Waals surface area contributed by atoms with E-state index in [1.807, 2.05) is 0 Å². The predicted octanol–water partition coefficient (Wildman–Crippen LogP) is 1.12. The molecule has 1 saturated heterocycles. The topological polar surface area (TPSA) is 103 Å². The largest absolute Gasteiger partial charge is 0.349 e. The number of piperidine rings is 1. The number of likely N-dealkylation sites (tertiary alicyclic amines) is 1. The Balaban J connectivity index is 1.43. The molecule has 0 bridgehead atoms. The van der Waals surface area contributed by atoms with Gasteiger partial charge in [0.25, 0.3) is 5.91 Å². The number of amides is 2. The number of benzene rings is 1. The van der Waals surface area contributed by atoms with Crippen LogP contribution in [0.2, 0.25) is 0 Å². The highest BCUT2D eigenvalue weighted by Crippen LogP contribution is 2.13. The van der Waals surface area contributed by atoms with Crippen molar-refractivity contribution in [3.63, 3.8) is 0 Å². The van der Waals surface area contributed by atoms with E-state index in [1.165, 1.54) is 0 Å². The zero-order valence-electron chi connectivity index (χ0n) is 15.2. The third-order valence-corrected chi connectivity index (χ3v) is 4.53. The van der Waals surface area contributed by atoms with Crippen molar-refractivity contribution in [2.75, 3.05) is 25.0 Å². The van der Waals surface area contributed by atoms with Crippen molar-refractivity contribution in [3.05, 3.63) is 47.8 Å². The number of anilines is 1. The molecule has 8 nitrogen and oxygen atoms in total. The van der Waals surface area contributed by atoms with Crippen molar-refractivity contribution in [2.45, 2.75) is 18.9 Å². The standard InChI is InChI=1S/C19H22N6O2/c1-24-12-15(11-21-24)19(27)23-16-5-7-25(8-6-16)13-18(26)22-17-4-2-3-14(9-17)10-20/h2-4,9,11-12,16H,5-8,13H2,1H3,(H,22,26)(H,23,27). The molecular formula is C19H22N6O2. The summed E-state index contributed by atoms with van der Waals surface area (Å²) in [5, 5.41) is 18.8. The zero-order valence-corrected chi connectivity index (χ0v) is 15.2. The molecule has 2 heterocycles. The van der Waals surface area contributed by atoms with Crippen LogP contribution in [0.1, 0.15) is 28.8 Å². The minimum absolute atomic E-state index is 0.101. The van der Waals surface area contributed by atoms with E-state index in [2.05, 4.69) is 26.7 Å². The van der Waals surface area contributed by atoms with Crippen molar-refractivity contribution in [3.8, 4) is 6.07 Å². The molecule has 1 aromatic carbocycles. The number of nitrogens with zero attached hydrogens (tertiary/aromatic N) is 4. The number of aryl methyl sites for hydroxylation is 1. The van der Waals surface area contributed by atoms with Gasteiger partial charge in [0.05, 0.1) is 29.9 Å². The van der Waals surface area contributed by atoms with Gasteiger partial charge in [0.15, 0.2) is 0 Å². The Hall–Kier alpha value is -3.18. The molecule has 0 aliphatic carbocycles. The maximum Gasteiger partial charge on any atom is 0.254 e. The highest BCUT2D eigenvalue weighted by Gasteiger charge is 2.23. The second-order valence-electron chi connectivity index (χ2n) is 6.67. The summed E-state index contributed by atoms with van der Waals surface area (Å²) in [6.07, 6.45) is 4.83. The Morgan fingerprint density at radius 3 is 2.78 bits per heavy atom. The number of carbonyl (C=O) groups is 2. The summed E-state index contributed by atoms with van der Waals surface area (Å²) in [4.78, 5) is 26.5. The Morgan fingerprint density at radius 1 is 1.33 bits per heavy atom. The van der Waals surface area contributed by atoms with E-state index in [4.69, 9.17) is 5.26 Å². The zero-order chi connectivity index (χ0) is 19.2. The van der Waals surface area contributed by atoms with Gasteiger partial charge in [-0.15, -0.1) is 0 Å². The van der Waals surface area contributed by atoms with E-state index in [-0.39, 0.29) is 17.9 Å². The lowest BCUT2D eigenvalue weighted by Crippen LogP contribution is -2.46. The van der Waals surface area contributed by atoms with Crippen LogP contribution < -0.4 is 10.6 Å². The second-order valence-corrected chi connectivity index (χ2v) is 6.67. The van der Waals surface area contributed by atoms with Crippen LogP contribution in [0.5, 0.6) is 0 Å². The first kappa shape index (κ1) is 18.6. The number of nitriles is 1. The summed E-state index contributed by atoms with van der Waals surface area (Å²) in [7, 11) is 1.77. The van der Waals surface area contributed by atoms with Crippen LogP contribution in [0.15, 0.2) is 36.7 Å². The van der Waals surface area contributed by atoms with Crippen molar-refractivity contribution in [1.82, 2.24) is 20.0 Å². The summed E-state index contributed by atoms with van der Waals surface area (Å²) in [5.74, 6) is -0.223. The van der Waals surface area contributed by atoms with Gasteiger partial charge in [-0.1, -0.05) is 6.07 Å². The average Bonchev–Trinajstić information content (AvgIpc) is 3.10. The summed E-state index contributed by atoms with van der Waals surface area (Å²) in [6.45, 7) is 1.77. The van der Waals surface area contributed by atoms with E-state index >= 15 is 0 Å². The van der Waals surface area contributed by atoms with Crippen molar-refractivity contribution in [1.29, 1.82) is 5.26 Å². The van der Waals surface area contributed by atoms with E-state index in [0.29, 0.717) is 23.4 Å². The molecular weight excluding hydrogens is 344 g/mol.